The molecule has 1 N–H and O–H groups in total. The Morgan fingerprint density at radius 3 is 3.05 bits per heavy atom. The van der Waals surface area contributed by atoms with Crippen LogP contribution in [0, 0.1) is 5.92 Å². The molecule has 19 heavy (non-hydrogen) atoms. The van der Waals surface area contributed by atoms with Crippen LogP contribution in [0.5, 0.6) is 5.88 Å². The zero-order valence-electron chi connectivity index (χ0n) is 12.2. The quantitative estimate of drug-likeness (QED) is 0.880. The monoisotopic (exact) mass is 263 g/mol. The van der Waals surface area contributed by atoms with Crippen LogP contribution >= 0.6 is 0 Å². The van der Waals surface area contributed by atoms with Crippen molar-refractivity contribution in [2.75, 3.05) is 26.7 Å². The molecule has 1 saturated heterocycles. The van der Waals surface area contributed by atoms with Crippen LogP contribution in [0.4, 0.5) is 0 Å². The second-order valence-electron chi connectivity index (χ2n) is 5.63. The molecule has 0 saturated carbocycles. The lowest BCUT2D eigenvalue weighted by Gasteiger charge is -2.37. The number of hydrogen-bond donors (Lipinski definition) is 1. The first-order chi connectivity index (χ1) is 9.19. The fourth-order valence-corrected chi connectivity index (χ4v) is 2.66. The number of pyridine rings is 1. The van der Waals surface area contributed by atoms with Gasteiger partial charge in [-0.15, -0.1) is 0 Å². The summed E-state index contributed by atoms with van der Waals surface area (Å²) in [6, 6.07) is 6.60. The maximum absolute atomic E-state index is 5.19. The van der Waals surface area contributed by atoms with Crippen molar-refractivity contribution >= 4 is 0 Å². The van der Waals surface area contributed by atoms with Gasteiger partial charge in [0.2, 0.25) is 5.88 Å². The van der Waals surface area contributed by atoms with Crippen molar-refractivity contribution in [2.45, 2.75) is 32.9 Å². The Morgan fingerprint density at radius 1 is 1.47 bits per heavy atom. The van der Waals surface area contributed by atoms with E-state index in [4.69, 9.17) is 4.74 Å². The van der Waals surface area contributed by atoms with Crippen molar-refractivity contribution in [1.29, 1.82) is 0 Å². The van der Waals surface area contributed by atoms with Crippen LogP contribution in [0.2, 0.25) is 0 Å². The molecule has 1 aromatic heterocycles. The summed E-state index contributed by atoms with van der Waals surface area (Å²) < 4.78 is 5.19. The molecular formula is C15H25N3O. The van der Waals surface area contributed by atoms with Gasteiger partial charge in [0.15, 0.2) is 0 Å². The molecule has 0 aromatic carbocycles. The van der Waals surface area contributed by atoms with Crippen molar-refractivity contribution in [3.05, 3.63) is 23.9 Å². The van der Waals surface area contributed by atoms with Gasteiger partial charge in [0, 0.05) is 38.3 Å². The summed E-state index contributed by atoms with van der Waals surface area (Å²) in [5.74, 6) is 1.43. The molecule has 106 valence electrons. The lowest BCUT2D eigenvalue weighted by molar-refractivity contribution is 0.132. The number of nitrogens with zero attached hydrogens (tertiary/aromatic N) is 2. The number of ether oxygens (including phenoxy) is 1. The fourth-order valence-electron chi connectivity index (χ4n) is 2.66. The normalized spacial score (nSPS) is 20.7. The third-order valence-corrected chi connectivity index (χ3v) is 3.57. The molecule has 4 heteroatoms. The van der Waals surface area contributed by atoms with E-state index >= 15 is 0 Å². The van der Waals surface area contributed by atoms with E-state index in [0.717, 1.165) is 37.8 Å². The van der Waals surface area contributed by atoms with Gasteiger partial charge in [0.05, 0.1) is 12.8 Å². The van der Waals surface area contributed by atoms with Crippen LogP contribution in [0.15, 0.2) is 18.2 Å². The summed E-state index contributed by atoms with van der Waals surface area (Å²) in [6.07, 6.45) is 1.23. The molecule has 1 aromatic rings. The smallest absolute Gasteiger partial charge is 0.213 e. The first-order valence-corrected chi connectivity index (χ1v) is 7.13. The predicted octanol–water partition coefficient (Wildman–Crippen LogP) is 1.91. The van der Waals surface area contributed by atoms with Gasteiger partial charge in [-0.1, -0.05) is 19.9 Å². The largest absolute Gasteiger partial charge is 0.481 e. The minimum absolute atomic E-state index is 0.613. The highest BCUT2D eigenvalue weighted by atomic mass is 16.5. The number of methoxy groups -OCH3 is 1. The van der Waals surface area contributed by atoms with Crippen molar-refractivity contribution < 1.29 is 4.74 Å². The molecular weight excluding hydrogens is 238 g/mol. The van der Waals surface area contributed by atoms with Gasteiger partial charge >= 0.3 is 0 Å². The summed E-state index contributed by atoms with van der Waals surface area (Å²) in [5, 5.41) is 3.49. The van der Waals surface area contributed by atoms with E-state index in [1.165, 1.54) is 6.42 Å². The topological polar surface area (TPSA) is 37.4 Å². The summed E-state index contributed by atoms with van der Waals surface area (Å²) in [6.45, 7) is 8.74. The van der Waals surface area contributed by atoms with Crippen LogP contribution in [0.25, 0.3) is 0 Å². The zero-order valence-corrected chi connectivity index (χ0v) is 12.2. The Labute approximate surface area is 116 Å². The standard InChI is InChI=1S/C15H25N3O/c1-12(2)9-14-10-16-7-8-18(14)11-13-5-4-6-15(17-13)19-3/h4-6,12,14,16H,7-11H2,1-3H3. The fraction of sp³-hybridized carbons (Fsp3) is 0.667. The molecule has 1 fully saturated rings. The Morgan fingerprint density at radius 2 is 2.32 bits per heavy atom. The number of rotatable bonds is 5. The molecule has 0 aliphatic carbocycles. The third-order valence-electron chi connectivity index (χ3n) is 3.57. The molecule has 0 radical (unpaired) electrons. The molecule has 0 spiro atoms. The minimum Gasteiger partial charge on any atom is -0.481 e. The summed E-state index contributed by atoms with van der Waals surface area (Å²) in [5.41, 5.74) is 1.09. The minimum atomic E-state index is 0.613. The second-order valence-corrected chi connectivity index (χ2v) is 5.63. The molecule has 4 nitrogen and oxygen atoms in total. The summed E-state index contributed by atoms with van der Waals surface area (Å²) in [4.78, 5) is 7.05. The Kier molecular flexibility index (Phi) is 5.16. The van der Waals surface area contributed by atoms with Gasteiger partial charge < -0.3 is 10.1 Å². The highest BCUT2D eigenvalue weighted by Crippen LogP contribution is 2.17. The number of aromatic nitrogens is 1. The van der Waals surface area contributed by atoms with Gasteiger partial charge in [0.25, 0.3) is 0 Å². The van der Waals surface area contributed by atoms with E-state index in [1.54, 1.807) is 7.11 Å². The van der Waals surface area contributed by atoms with Crippen LogP contribution < -0.4 is 10.1 Å². The van der Waals surface area contributed by atoms with Crippen LogP contribution in [-0.4, -0.2) is 42.7 Å². The van der Waals surface area contributed by atoms with Crippen LogP contribution in [-0.2, 0) is 6.54 Å². The third kappa shape index (κ3) is 4.18. The zero-order chi connectivity index (χ0) is 13.7. The van der Waals surface area contributed by atoms with Gasteiger partial charge in [-0.25, -0.2) is 4.98 Å². The first-order valence-electron chi connectivity index (χ1n) is 7.13. The molecule has 2 heterocycles. The average molecular weight is 263 g/mol. The molecule has 1 atom stereocenters. The van der Waals surface area contributed by atoms with Crippen molar-refractivity contribution in [3.8, 4) is 5.88 Å². The molecule has 1 aliphatic heterocycles. The van der Waals surface area contributed by atoms with Gasteiger partial charge in [0.1, 0.15) is 0 Å². The molecule has 2 rings (SSSR count). The second kappa shape index (κ2) is 6.87. The molecule has 1 unspecified atom stereocenters. The first kappa shape index (κ1) is 14.3. The predicted molar refractivity (Wildman–Crippen MR) is 77.3 cm³/mol. The SMILES string of the molecule is COc1cccc(CN2CCNCC2CC(C)C)n1. The lowest BCUT2D eigenvalue weighted by atomic mass is 10.0. The van der Waals surface area contributed by atoms with Gasteiger partial charge in [-0.2, -0.15) is 0 Å². The van der Waals surface area contributed by atoms with E-state index in [2.05, 4.69) is 35.1 Å². The van der Waals surface area contributed by atoms with E-state index < -0.39 is 0 Å². The van der Waals surface area contributed by atoms with E-state index in [1.807, 2.05) is 12.1 Å². The molecule has 0 amide bonds. The van der Waals surface area contributed by atoms with Gasteiger partial charge in [-0.05, 0) is 18.4 Å². The van der Waals surface area contributed by atoms with Gasteiger partial charge in [-0.3, -0.25) is 4.90 Å². The van der Waals surface area contributed by atoms with E-state index in [0.29, 0.717) is 11.9 Å². The van der Waals surface area contributed by atoms with Crippen LogP contribution in [0.1, 0.15) is 26.0 Å². The van der Waals surface area contributed by atoms with Crippen molar-refractivity contribution in [2.24, 2.45) is 5.92 Å². The number of piperazine rings is 1. The highest BCUT2D eigenvalue weighted by molar-refractivity contribution is 5.15. The maximum Gasteiger partial charge on any atom is 0.213 e. The molecule has 0 bridgehead atoms. The highest BCUT2D eigenvalue weighted by Gasteiger charge is 2.23. The van der Waals surface area contributed by atoms with Crippen molar-refractivity contribution in [3.63, 3.8) is 0 Å². The van der Waals surface area contributed by atoms with Crippen LogP contribution in [0.3, 0.4) is 0 Å². The summed E-state index contributed by atoms with van der Waals surface area (Å²) >= 11 is 0. The Hall–Kier alpha value is -1.13. The average Bonchev–Trinajstić information content (AvgIpc) is 2.41. The molecule has 1 aliphatic rings. The van der Waals surface area contributed by atoms with Crippen molar-refractivity contribution in [1.82, 2.24) is 15.2 Å². The van der Waals surface area contributed by atoms with E-state index in [9.17, 15) is 0 Å². The maximum atomic E-state index is 5.19. The summed E-state index contributed by atoms with van der Waals surface area (Å²) in [7, 11) is 1.67. The lowest BCUT2D eigenvalue weighted by Crippen LogP contribution is -2.51. The van der Waals surface area contributed by atoms with E-state index in [-0.39, 0.29) is 0 Å². The number of nitrogens with one attached hydrogen (secondary N) is 1. The number of hydrogen-bond acceptors (Lipinski definition) is 4. The Bertz CT molecular complexity index is 395. The Balaban J connectivity index is 2.01.